The Bertz CT molecular complexity index is 279. The molecular formula is C15H29NO4. The average molecular weight is 287 g/mol. The molecule has 1 saturated heterocycles. The fourth-order valence-electron chi connectivity index (χ4n) is 2.38. The summed E-state index contributed by atoms with van der Waals surface area (Å²) in [6.45, 7) is 9.84. The molecule has 0 saturated carbocycles. The lowest BCUT2D eigenvalue weighted by atomic mass is 9.98. The van der Waals surface area contributed by atoms with E-state index in [4.69, 9.17) is 14.2 Å². The standard InChI is InChI=1S/C15H29NO4/c1-4-16-15(3,14(17)20-5-2)8-11-19-12-13-6-9-18-10-7-13/h13,16H,4-12H2,1-3H3. The topological polar surface area (TPSA) is 56.8 Å². The zero-order chi connectivity index (χ0) is 14.8. The van der Waals surface area contributed by atoms with E-state index in [-0.39, 0.29) is 5.97 Å². The molecule has 0 aromatic heterocycles. The molecule has 20 heavy (non-hydrogen) atoms. The van der Waals surface area contributed by atoms with Crippen molar-refractivity contribution in [2.24, 2.45) is 5.92 Å². The number of carbonyl (C=O) groups excluding carboxylic acids is 1. The van der Waals surface area contributed by atoms with Gasteiger partial charge in [0.1, 0.15) is 5.54 Å². The van der Waals surface area contributed by atoms with Crippen molar-refractivity contribution in [3.8, 4) is 0 Å². The van der Waals surface area contributed by atoms with Gasteiger partial charge in [-0.3, -0.25) is 4.79 Å². The first-order valence-electron chi connectivity index (χ1n) is 7.70. The Morgan fingerprint density at radius 2 is 2.05 bits per heavy atom. The fraction of sp³-hybridized carbons (Fsp3) is 0.933. The molecule has 1 atom stereocenters. The molecule has 1 unspecified atom stereocenters. The Morgan fingerprint density at radius 1 is 1.35 bits per heavy atom. The maximum Gasteiger partial charge on any atom is 0.326 e. The zero-order valence-corrected chi connectivity index (χ0v) is 13.1. The molecule has 0 aromatic carbocycles. The lowest BCUT2D eigenvalue weighted by Crippen LogP contribution is -2.51. The zero-order valence-electron chi connectivity index (χ0n) is 13.1. The summed E-state index contributed by atoms with van der Waals surface area (Å²) < 4.78 is 16.2. The Hall–Kier alpha value is -0.650. The van der Waals surface area contributed by atoms with Gasteiger partial charge in [-0.2, -0.15) is 0 Å². The lowest BCUT2D eigenvalue weighted by Gasteiger charge is -2.28. The number of hydrogen-bond acceptors (Lipinski definition) is 5. The van der Waals surface area contributed by atoms with E-state index in [0.717, 1.165) is 39.2 Å². The maximum atomic E-state index is 12.0. The van der Waals surface area contributed by atoms with Crippen LogP contribution < -0.4 is 5.32 Å². The van der Waals surface area contributed by atoms with E-state index in [9.17, 15) is 4.79 Å². The summed E-state index contributed by atoms with van der Waals surface area (Å²) in [6, 6.07) is 0. The third kappa shape index (κ3) is 5.77. The number of rotatable bonds is 9. The molecule has 0 bridgehead atoms. The molecule has 118 valence electrons. The summed E-state index contributed by atoms with van der Waals surface area (Å²) >= 11 is 0. The molecule has 5 nitrogen and oxygen atoms in total. The van der Waals surface area contributed by atoms with Crippen LogP contribution in [0.5, 0.6) is 0 Å². The van der Waals surface area contributed by atoms with Gasteiger partial charge in [-0.25, -0.2) is 0 Å². The van der Waals surface area contributed by atoms with Gasteiger partial charge in [0, 0.05) is 26.4 Å². The first-order valence-corrected chi connectivity index (χ1v) is 7.70. The van der Waals surface area contributed by atoms with E-state index >= 15 is 0 Å². The molecule has 1 aliphatic rings. The summed E-state index contributed by atoms with van der Waals surface area (Å²) in [4.78, 5) is 12.0. The van der Waals surface area contributed by atoms with Crippen LogP contribution in [-0.4, -0.2) is 51.1 Å². The summed E-state index contributed by atoms with van der Waals surface area (Å²) in [5.41, 5.74) is -0.652. The molecule has 1 aliphatic heterocycles. The van der Waals surface area contributed by atoms with Gasteiger partial charge in [-0.05, 0) is 45.6 Å². The number of esters is 1. The number of likely N-dealkylation sites (N-methyl/N-ethyl adjacent to an activating group) is 1. The highest BCUT2D eigenvalue weighted by atomic mass is 16.5. The van der Waals surface area contributed by atoms with E-state index in [1.54, 1.807) is 0 Å². The first kappa shape index (κ1) is 17.4. The van der Waals surface area contributed by atoms with Crippen molar-refractivity contribution in [2.75, 3.05) is 39.6 Å². The van der Waals surface area contributed by atoms with E-state index in [1.807, 2.05) is 20.8 Å². The van der Waals surface area contributed by atoms with Crippen LogP contribution in [0, 0.1) is 5.92 Å². The first-order chi connectivity index (χ1) is 9.62. The monoisotopic (exact) mass is 287 g/mol. The SMILES string of the molecule is CCNC(C)(CCOCC1CCOCC1)C(=O)OCC. The van der Waals surface area contributed by atoms with Gasteiger partial charge in [0.15, 0.2) is 0 Å². The van der Waals surface area contributed by atoms with Crippen LogP contribution in [0.2, 0.25) is 0 Å². The number of carbonyl (C=O) groups is 1. The molecule has 5 heteroatoms. The third-order valence-corrected chi connectivity index (χ3v) is 3.73. The second-order valence-electron chi connectivity index (χ2n) is 5.46. The third-order valence-electron chi connectivity index (χ3n) is 3.73. The normalized spacial score (nSPS) is 19.6. The predicted molar refractivity (Wildman–Crippen MR) is 77.7 cm³/mol. The Kier molecular flexibility index (Phi) is 8.11. The molecule has 0 aromatic rings. The number of nitrogens with one attached hydrogen (secondary N) is 1. The lowest BCUT2D eigenvalue weighted by molar-refractivity contribution is -0.151. The molecule has 0 amide bonds. The highest BCUT2D eigenvalue weighted by Crippen LogP contribution is 2.16. The Labute approximate surface area is 122 Å². The number of hydrogen-bond donors (Lipinski definition) is 1. The van der Waals surface area contributed by atoms with Gasteiger partial charge < -0.3 is 19.5 Å². The summed E-state index contributed by atoms with van der Waals surface area (Å²) in [6.07, 6.45) is 2.77. The van der Waals surface area contributed by atoms with Crippen molar-refractivity contribution in [3.05, 3.63) is 0 Å². The molecular weight excluding hydrogens is 258 g/mol. The van der Waals surface area contributed by atoms with E-state index < -0.39 is 5.54 Å². The van der Waals surface area contributed by atoms with Gasteiger partial charge in [0.05, 0.1) is 6.61 Å². The van der Waals surface area contributed by atoms with E-state index in [1.165, 1.54) is 0 Å². The van der Waals surface area contributed by atoms with Gasteiger partial charge in [0.2, 0.25) is 0 Å². The largest absolute Gasteiger partial charge is 0.465 e. The van der Waals surface area contributed by atoms with Crippen molar-refractivity contribution in [1.29, 1.82) is 0 Å². The van der Waals surface area contributed by atoms with Gasteiger partial charge >= 0.3 is 5.97 Å². The Morgan fingerprint density at radius 3 is 2.65 bits per heavy atom. The second-order valence-corrected chi connectivity index (χ2v) is 5.46. The van der Waals surface area contributed by atoms with Gasteiger partial charge in [-0.15, -0.1) is 0 Å². The highest BCUT2D eigenvalue weighted by Gasteiger charge is 2.33. The van der Waals surface area contributed by atoms with Crippen molar-refractivity contribution in [1.82, 2.24) is 5.32 Å². The molecule has 1 fully saturated rings. The molecule has 0 spiro atoms. The Balaban J connectivity index is 2.28. The highest BCUT2D eigenvalue weighted by molar-refractivity contribution is 5.80. The van der Waals surface area contributed by atoms with Crippen LogP contribution in [-0.2, 0) is 19.0 Å². The van der Waals surface area contributed by atoms with E-state index in [2.05, 4.69) is 5.32 Å². The van der Waals surface area contributed by atoms with Crippen LogP contribution in [0.4, 0.5) is 0 Å². The fourth-order valence-corrected chi connectivity index (χ4v) is 2.38. The second kappa shape index (κ2) is 9.32. The van der Waals surface area contributed by atoms with Crippen molar-refractivity contribution in [3.63, 3.8) is 0 Å². The van der Waals surface area contributed by atoms with E-state index in [0.29, 0.717) is 25.6 Å². The van der Waals surface area contributed by atoms with Crippen LogP contribution in [0.25, 0.3) is 0 Å². The van der Waals surface area contributed by atoms with Crippen LogP contribution in [0.15, 0.2) is 0 Å². The molecule has 1 N–H and O–H groups in total. The quantitative estimate of drug-likeness (QED) is 0.517. The van der Waals surface area contributed by atoms with Crippen molar-refractivity contribution in [2.45, 2.75) is 45.6 Å². The predicted octanol–water partition coefficient (Wildman–Crippen LogP) is 1.75. The van der Waals surface area contributed by atoms with Gasteiger partial charge in [0.25, 0.3) is 0 Å². The van der Waals surface area contributed by atoms with Crippen LogP contribution in [0.1, 0.15) is 40.0 Å². The minimum Gasteiger partial charge on any atom is -0.465 e. The van der Waals surface area contributed by atoms with Crippen molar-refractivity contribution < 1.29 is 19.0 Å². The molecule has 0 aliphatic carbocycles. The summed E-state index contributed by atoms with van der Waals surface area (Å²) in [5.74, 6) is 0.397. The minimum absolute atomic E-state index is 0.198. The molecule has 0 radical (unpaired) electrons. The van der Waals surface area contributed by atoms with Crippen LogP contribution in [0.3, 0.4) is 0 Å². The summed E-state index contributed by atoms with van der Waals surface area (Å²) in [5, 5.41) is 3.21. The van der Waals surface area contributed by atoms with Gasteiger partial charge in [-0.1, -0.05) is 6.92 Å². The summed E-state index contributed by atoms with van der Waals surface area (Å²) in [7, 11) is 0. The average Bonchev–Trinajstić information content (AvgIpc) is 2.45. The van der Waals surface area contributed by atoms with Crippen molar-refractivity contribution >= 4 is 5.97 Å². The van der Waals surface area contributed by atoms with Crippen LogP contribution >= 0.6 is 0 Å². The molecule has 1 heterocycles. The minimum atomic E-state index is -0.652. The number of ether oxygens (including phenoxy) is 3. The maximum absolute atomic E-state index is 12.0. The molecule has 1 rings (SSSR count). The smallest absolute Gasteiger partial charge is 0.326 e.